The van der Waals surface area contributed by atoms with E-state index in [4.69, 9.17) is 10.2 Å². The fourth-order valence-electron chi connectivity index (χ4n) is 1.94. The number of nitrogens with zero attached hydrogens (tertiary/aromatic N) is 3. The summed E-state index contributed by atoms with van der Waals surface area (Å²) in [6, 6.07) is 1.83. The topological polar surface area (TPSA) is 96.2 Å². The minimum atomic E-state index is -0.467. The van der Waals surface area contributed by atoms with E-state index in [0.29, 0.717) is 18.1 Å². The zero-order valence-corrected chi connectivity index (χ0v) is 13.1. The van der Waals surface area contributed by atoms with Crippen LogP contribution < -0.4 is 5.73 Å². The zero-order valence-electron chi connectivity index (χ0n) is 12.3. The molecule has 2 rings (SSSR count). The van der Waals surface area contributed by atoms with E-state index in [-0.39, 0.29) is 5.76 Å². The number of thioether (sulfide) groups is 1. The van der Waals surface area contributed by atoms with Crippen molar-refractivity contribution in [2.45, 2.75) is 37.8 Å². The van der Waals surface area contributed by atoms with Crippen LogP contribution in [-0.4, -0.2) is 27.8 Å². The van der Waals surface area contributed by atoms with Crippen LogP contribution in [0.2, 0.25) is 0 Å². The van der Waals surface area contributed by atoms with Crippen LogP contribution in [0.5, 0.6) is 0 Å². The first kappa shape index (κ1) is 15.6. The summed E-state index contributed by atoms with van der Waals surface area (Å²) in [5.74, 6) is 1.78. The Hall–Kier alpha value is -1.80. The quantitative estimate of drug-likeness (QED) is 0.641. The summed E-state index contributed by atoms with van der Waals surface area (Å²) in [5, 5.41) is 8.94. The lowest BCUT2D eigenvalue weighted by Gasteiger charge is -2.04. The molecule has 0 atom stereocenters. The summed E-state index contributed by atoms with van der Waals surface area (Å²) < 4.78 is 12.1. The molecule has 114 valence electrons. The summed E-state index contributed by atoms with van der Waals surface area (Å²) in [4.78, 5) is 11.5. The van der Waals surface area contributed by atoms with Crippen LogP contribution in [0.15, 0.2) is 15.6 Å². The summed E-state index contributed by atoms with van der Waals surface area (Å²) in [5.41, 5.74) is 6.38. The highest BCUT2D eigenvalue weighted by Crippen LogP contribution is 2.25. The highest BCUT2D eigenvalue weighted by atomic mass is 32.2. The third kappa shape index (κ3) is 3.27. The number of aryl methyl sites for hydroxylation is 1. The molecule has 0 aromatic carbocycles. The van der Waals surface area contributed by atoms with Gasteiger partial charge in [-0.3, -0.25) is 0 Å². The van der Waals surface area contributed by atoms with E-state index in [9.17, 15) is 4.79 Å². The molecule has 0 aliphatic carbocycles. The lowest BCUT2D eigenvalue weighted by molar-refractivity contribution is 0.0562. The smallest absolute Gasteiger partial charge is 0.374 e. The number of carbonyl (C=O) groups is 1. The summed E-state index contributed by atoms with van der Waals surface area (Å²) in [7, 11) is 1.33. The standard InChI is InChI=1S/C13H18N4O3S/c1-4-17-10(6-14)15-16-13(17)21-7-9-5-8(2)11(20-9)12(18)19-3/h5H,4,6-7,14H2,1-3H3. The van der Waals surface area contributed by atoms with Gasteiger partial charge >= 0.3 is 5.97 Å². The van der Waals surface area contributed by atoms with E-state index in [1.165, 1.54) is 18.9 Å². The minimum absolute atomic E-state index is 0.243. The van der Waals surface area contributed by atoms with Gasteiger partial charge in [0.25, 0.3) is 0 Å². The number of aromatic nitrogens is 3. The van der Waals surface area contributed by atoms with Crippen molar-refractivity contribution in [1.82, 2.24) is 14.8 Å². The monoisotopic (exact) mass is 310 g/mol. The highest BCUT2D eigenvalue weighted by molar-refractivity contribution is 7.98. The van der Waals surface area contributed by atoms with Crippen molar-refractivity contribution in [2.24, 2.45) is 5.73 Å². The molecular weight excluding hydrogens is 292 g/mol. The van der Waals surface area contributed by atoms with E-state index >= 15 is 0 Å². The zero-order chi connectivity index (χ0) is 15.4. The number of hydrogen-bond acceptors (Lipinski definition) is 7. The lowest BCUT2D eigenvalue weighted by Crippen LogP contribution is -2.08. The summed E-state index contributed by atoms with van der Waals surface area (Å²) in [6.45, 7) is 4.93. The molecule has 0 amide bonds. The molecule has 0 spiro atoms. The maximum absolute atomic E-state index is 11.5. The van der Waals surface area contributed by atoms with Crippen LogP contribution in [0.3, 0.4) is 0 Å². The Morgan fingerprint density at radius 3 is 2.90 bits per heavy atom. The number of furan rings is 1. The first-order valence-electron chi connectivity index (χ1n) is 6.53. The third-order valence-electron chi connectivity index (χ3n) is 2.98. The lowest BCUT2D eigenvalue weighted by atomic mass is 10.3. The van der Waals surface area contributed by atoms with Gasteiger partial charge in [0.2, 0.25) is 5.76 Å². The SMILES string of the molecule is CCn1c(CN)nnc1SCc1cc(C)c(C(=O)OC)o1. The molecule has 2 aromatic heterocycles. The number of carbonyl (C=O) groups excluding carboxylic acids is 1. The summed E-state index contributed by atoms with van der Waals surface area (Å²) in [6.07, 6.45) is 0. The molecule has 8 heteroatoms. The van der Waals surface area contributed by atoms with Crippen LogP contribution in [0.4, 0.5) is 0 Å². The van der Waals surface area contributed by atoms with Gasteiger partial charge in [-0.25, -0.2) is 4.79 Å². The van der Waals surface area contributed by atoms with Crippen LogP contribution in [0.25, 0.3) is 0 Å². The molecule has 21 heavy (non-hydrogen) atoms. The molecule has 2 N–H and O–H groups in total. The molecule has 0 radical (unpaired) electrons. The Kier molecular flexibility index (Phi) is 5.03. The van der Waals surface area contributed by atoms with Crippen LogP contribution in [0, 0.1) is 6.92 Å². The predicted octanol–water partition coefficient (Wildman–Crippen LogP) is 1.74. The van der Waals surface area contributed by atoms with E-state index in [0.717, 1.165) is 23.1 Å². The first-order chi connectivity index (χ1) is 10.1. The van der Waals surface area contributed by atoms with E-state index in [1.807, 2.05) is 24.5 Å². The second-order valence-corrected chi connectivity index (χ2v) is 5.29. The van der Waals surface area contributed by atoms with Gasteiger partial charge in [0, 0.05) is 12.1 Å². The van der Waals surface area contributed by atoms with E-state index < -0.39 is 5.97 Å². The van der Waals surface area contributed by atoms with Gasteiger partial charge in [-0.05, 0) is 19.9 Å². The number of esters is 1. The molecule has 2 heterocycles. The number of nitrogens with two attached hydrogens (primary N) is 1. The molecule has 0 bridgehead atoms. The largest absolute Gasteiger partial charge is 0.463 e. The third-order valence-corrected chi connectivity index (χ3v) is 3.96. The molecule has 0 unspecified atom stereocenters. The minimum Gasteiger partial charge on any atom is -0.463 e. The second-order valence-electron chi connectivity index (χ2n) is 4.35. The molecule has 0 saturated heterocycles. The molecule has 0 aliphatic heterocycles. The molecule has 7 nitrogen and oxygen atoms in total. The number of rotatable bonds is 6. The molecular formula is C13H18N4O3S. The predicted molar refractivity (Wildman–Crippen MR) is 77.9 cm³/mol. The van der Waals surface area contributed by atoms with Gasteiger partial charge in [0.05, 0.1) is 19.4 Å². The van der Waals surface area contributed by atoms with Gasteiger partial charge in [-0.2, -0.15) is 0 Å². The molecule has 2 aromatic rings. The second kappa shape index (κ2) is 6.77. The fourth-order valence-corrected chi connectivity index (χ4v) is 2.85. The Morgan fingerprint density at radius 1 is 1.52 bits per heavy atom. The van der Waals surface area contributed by atoms with Gasteiger partial charge in [0.15, 0.2) is 5.16 Å². The van der Waals surface area contributed by atoms with Crippen LogP contribution in [0.1, 0.15) is 34.6 Å². The van der Waals surface area contributed by atoms with Crippen molar-refractivity contribution in [3.63, 3.8) is 0 Å². The normalized spacial score (nSPS) is 10.9. The molecule has 0 aliphatic rings. The van der Waals surface area contributed by atoms with Gasteiger partial charge in [-0.15, -0.1) is 10.2 Å². The summed E-state index contributed by atoms with van der Waals surface area (Å²) >= 11 is 1.49. The Bertz CT molecular complexity index is 635. The Balaban J connectivity index is 2.10. The Morgan fingerprint density at radius 2 is 2.29 bits per heavy atom. The maximum atomic E-state index is 11.5. The van der Waals surface area contributed by atoms with Crippen molar-refractivity contribution >= 4 is 17.7 Å². The van der Waals surface area contributed by atoms with Gasteiger partial charge in [0.1, 0.15) is 11.6 Å². The number of methoxy groups -OCH3 is 1. The number of hydrogen-bond donors (Lipinski definition) is 1. The molecule has 0 saturated carbocycles. The average molecular weight is 310 g/mol. The van der Waals surface area contributed by atoms with Gasteiger partial charge in [-0.1, -0.05) is 11.8 Å². The average Bonchev–Trinajstić information content (AvgIpc) is 3.06. The van der Waals surface area contributed by atoms with Crippen molar-refractivity contribution < 1.29 is 13.9 Å². The van der Waals surface area contributed by atoms with Crippen molar-refractivity contribution in [2.75, 3.05) is 7.11 Å². The van der Waals surface area contributed by atoms with E-state index in [1.54, 1.807) is 0 Å². The van der Waals surface area contributed by atoms with Crippen molar-refractivity contribution in [3.8, 4) is 0 Å². The van der Waals surface area contributed by atoms with Gasteiger partial charge < -0.3 is 19.5 Å². The Labute approximate surface area is 126 Å². The number of ether oxygens (including phenoxy) is 1. The van der Waals surface area contributed by atoms with Crippen molar-refractivity contribution in [3.05, 3.63) is 29.0 Å². The fraction of sp³-hybridized carbons (Fsp3) is 0.462. The van der Waals surface area contributed by atoms with Crippen LogP contribution >= 0.6 is 11.8 Å². The molecule has 0 fully saturated rings. The first-order valence-corrected chi connectivity index (χ1v) is 7.51. The highest BCUT2D eigenvalue weighted by Gasteiger charge is 2.17. The van der Waals surface area contributed by atoms with E-state index in [2.05, 4.69) is 14.9 Å². The van der Waals surface area contributed by atoms with Crippen LogP contribution in [-0.2, 0) is 23.6 Å². The maximum Gasteiger partial charge on any atom is 0.374 e. The van der Waals surface area contributed by atoms with Crippen molar-refractivity contribution in [1.29, 1.82) is 0 Å².